The number of hydrogen-bond acceptors (Lipinski definition) is 4. The summed E-state index contributed by atoms with van der Waals surface area (Å²) < 4.78 is 1.78. The van der Waals surface area contributed by atoms with Crippen LogP contribution in [-0.4, -0.2) is 32.7 Å². The Balaban J connectivity index is 2.20. The zero-order valence-corrected chi connectivity index (χ0v) is 12.6. The lowest BCUT2D eigenvalue weighted by Crippen LogP contribution is -2.27. The second kappa shape index (κ2) is 6.35. The Morgan fingerprint density at radius 1 is 1.30 bits per heavy atom. The minimum atomic E-state index is -0.385. The zero-order valence-electron chi connectivity index (χ0n) is 11.8. The molecule has 2 rings (SSSR count). The van der Waals surface area contributed by atoms with Crippen LogP contribution in [0.4, 0.5) is 0 Å². The predicted octanol–water partition coefficient (Wildman–Crippen LogP) is 2.26. The number of aliphatic hydroxyl groups excluding tert-OH is 1. The lowest BCUT2D eigenvalue weighted by atomic mass is 10.2. The molecule has 0 spiro atoms. The molecule has 0 bridgehead atoms. The lowest BCUT2D eigenvalue weighted by Gasteiger charge is -2.13. The number of benzene rings is 1. The van der Waals surface area contributed by atoms with Crippen LogP contribution >= 0.6 is 11.6 Å². The van der Waals surface area contributed by atoms with E-state index in [1.165, 1.54) is 0 Å². The number of hydrogen-bond donors (Lipinski definition) is 2. The van der Waals surface area contributed by atoms with Crippen LogP contribution in [0.3, 0.4) is 0 Å². The van der Waals surface area contributed by atoms with Crippen molar-refractivity contribution in [2.45, 2.75) is 32.9 Å². The van der Waals surface area contributed by atoms with Gasteiger partial charge < -0.3 is 10.4 Å². The Labute approximate surface area is 123 Å². The first kappa shape index (κ1) is 15.0. The van der Waals surface area contributed by atoms with Crippen molar-refractivity contribution in [2.75, 3.05) is 6.54 Å². The maximum atomic E-state index is 9.31. The molecule has 0 radical (unpaired) electrons. The summed E-state index contributed by atoms with van der Waals surface area (Å²) in [4.78, 5) is 0. The number of aliphatic hydroxyl groups is 1. The fraction of sp³-hybridized carbons (Fsp3) is 0.429. The molecule has 0 saturated heterocycles. The standard InChI is InChI=1S/C14H19ClN4O/c1-9(20)8-16-10(2)14-11(3)19(18-17-14)13-6-4-12(15)5-7-13/h4-7,9-10,16,20H,8H2,1-3H3. The quantitative estimate of drug-likeness (QED) is 0.888. The molecule has 108 valence electrons. The monoisotopic (exact) mass is 294 g/mol. The molecule has 1 aromatic carbocycles. The van der Waals surface area contributed by atoms with Crippen LogP contribution in [0, 0.1) is 6.92 Å². The molecule has 2 atom stereocenters. The van der Waals surface area contributed by atoms with Gasteiger partial charge in [-0.3, -0.25) is 0 Å². The van der Waals surface area contributed by atoms with E-state index in [1.807, 2.05) is 38.1 Å². The third-order valence-corrected chi connectivity index (χ3v) is 3.38. The molecule has 0 saturated carbocycles. The third kappa shape index (κ3) is 3.36. The van der Waals surface area contributed by atoms with Gasteiger partial charge in [-0.05, 0) is 45.0 Å². The summed E-state index contributed by atoms with van der Waals surface area (Å²) in [5.74, 6) is 0. The van der Waals surface area contributed by atoms with Crippen LogP contribution in [0.1, 0.15) is 31.3 Å². The second-order valence-corrected chi connectivity index (χ2v) is 5.36. The summed E-state index contributed by atoms with van der Waals surface area (Å²) in [6.07, 6.45) is -0.385. The summed E-state index contributed by atoms with van der Waals surface area (Å²) in [6.45, 7) is 6.25. The van der Waals surface area contributed by atoms with Gasteiger partial charge in [0.1, 0.15) is 5.69 Å². The largest absolute Gasteiger partial charge is 0.392 e. The van der Waals surface area contributed by atoms with E-state index in [0.717, 1.165) is 17.1 Å². The highest BCUT2D eigenvalue weighted by Gasteiger charge is 2.16. The average molecular weight is 295 g/mol. The highest BCUT2D eigenvalue weighted by molar-refractivity contribution is 6.30. The highest BCUT2D eigenvalue weighted by Crippen LogP contribution is 2.19. The van der Waals surface area contributed by atoms with Crippen molar-refractivity contribution < 1.29 is 5.11 Å². The van der Waals surface area contributed by atoms with Crippen molar-refractivity contribution in [3.63, 3.8) is 0 Å². The van der Waals surface area contributed by atoms with E-state index in [0.29, 0.717) is 11.6 Å². The van der Waals surface area contributed by atoms with E-state index in [1.54, 1.807) is 11.6 Å². The molecule has 1 aromatic heterocycles. The summed E-state index contributed by atoms with van der Waals surface area (Å²) >= 11 is 5.89. The minimum absolute atomic E-state index is 0.0330. The van der Waals surface area contributed by atoms with Gasteiger partial charge in [-0.2, -0.15) is 0 Å². The molecule has 0 fully saturated rings. The summed E-state index contributed by atoms with van der Waals surface area (Å²) in [7, 11) is 0. The molecule has 0 aliphatic rings. The predicted molar refractivity (Wildman–Crippen MR) is 79.2 cm³/mol. The van der Waals surface area contributed by atoms with E-state index in [-0.39, 0.29) is 12.1 Å². The van der Waals surface area contributed by atoms with Gasteiger partial charge in [0, 0.05) is 11.6 Å². The highest BCUT2D eigenvalue weighted by atomic mass is 35.5. The van der Waals surface area contributed by atoms with Crippen molar-refractivity contribution in [1.29, 1.82) is 0 Å². The van der Waals surface area contributed by atoms with Gasteiger partial charge in [0.05, 0.1) is 23.5 Å². The number of nitrogens with one attached hydrogen (secondary N) is 1. The van der Waals surface area contributed by atoms with Gasteiger partial charge in [-0.1, -0.05) is 16.8 Å². The van der Waals surface area contributed by atoms with Gasteiger partial charge in [-0.25, -0.2) is 4.68 Å². The molecule has 2 unspecified atom stereocenters. The maximum Gasteiger partial charge on any atom is 0.103 e. The van der Waals surface area contributed by atoms with Gasteiger partial charge in [0.25, 0.3) is 0 Å². The van der Waals surface area contributed by atoms with E-state index >= 15 is 0 Å². The van der Waals surface area contributed by atoms with Gasteiger partial charge >= 0.3 is 0 Å². The number of nitrogens with zero attached hydrogens (tertiary/aromatic N) is 3. The minimum Gasteiger partial charge on any atom is -0.392 e. The van der Waals surface area contributed by atoms with Crippen molar-refractivity contribution in [1.82, 2.24) is 20.3 Å². The van der Waals surface area contributed by atoms with E-state index in [2.05, 4.69) is 15.6 Å². The Morgan fingerprint density at radius 3 is 2.55 bits per heavy atom. The van der Waals surface area contributed by atoms with Gasteiger partial charge in [0.2, 0.25) is 0 Å². The lowest BCUT2D eigenvalue weighted by molar-refractivity contribution is 0.187. The molecule has 5 nitrogen and oxygen atoms in total. The fourth-order valence-corrected chi connectivity index (χ4v) is 2.14. The number of aromatic nitrogens is 3. The van der Waals surface area contributed by atoms with Crippen LogP contribution in [-0.2, 0) is 0 Å². The average Bonchev–Trinajstić information content (AvgIpc) is 2.79. The molecule has 1 heterocycles. The molecular weight excluding hydrogens is 276 g/mol. The van der Waals surface area contributed by atoms with E-state index < -0.39 is 0 Å². The molecule has 2 aromatic rings. The topological polar surface area (TPSA) is 63.0 Å². The van der Waals surface area contributed by atoms with Gasteiger partial charge in [0.15, 0.2) is 0 Å². The number of rotatable bonds is 5. The van der Waals surface area contributed by atoms with E-state index in [9.17, 15) is 5.11 Å². The van der Waals surface area contributed by atoms with Crippen LogP contribution in [0.2, 0.25) is 5.02 Å². The van der Waals surface area contributed by atoms with Crippen molar-refractivity contribution in [3.8, 4) is 5.69 Å². The first-order valence-corrected chi connectivity index (χ1v) is 6.96. The Bertz CT molecular complexity index is 565. The van der Waals surface area contributed by atoms with Gasteiger partial charge in [-0.15, -0.1) is 5.10 Å². The van der Waals surface area contributed by atoms with Crippen LogP contribution in [0.25, 0.3) is 5.69 Å². The van der Waals surface area contributed by atoms with Crippen LogP contribution in [0.15, 0.2) is 24.3 Å². The molecule has 0 amide bonds. The molecule has 2 N–H and O–H groups in total. The summed E-state index contributed by atoms with van der Waals surface area (Å²) in [5, 5.41) is 21.6. The second-order valence-electron chi connectivity index (χ2n) is 4.93. The maximum absolute atomic E-state index is 9.31. The molecule has 20 heavy (non-hydrogen) atoms. The fourth-order valence-electron chi connectivity index (χ4n) is 2.01. The molecule has 6 heteroatoms. The Morgan fingerprint density at radius 2 is 1.95 bits per heavy atom. The Kier molecular flexibility index (Phi) is 4.75. The summed E-state index contributed by atoms with van der Waals surface area (Å²) in [5.41, 5.74) is 2.77. The SMILES string of the molecule is Cc1c(C(C)NCC(C)O)nnn1-c1ccc(Cl)cc1. The molecular formula is C14H19ClN4O. The van der Waals surface area contributed by atoms with Crippen molar-refractivity contribution in [2.24, 2.45) is 0 Å². The zero-order chi connectivity index (χ0) is 14.7. The first-order chi connectivity index (χ1) is 9.49. The normalized spacial score (nSPS) is 14.2. The van der Waals surface area contributed by atoms with Crippen molar-refractivity contribution in [3.05, 3.63) is 40.7 Å². The van der Waals surface area contributed by atoms with Crippen molar-refractivity contribution >= 4 is 11.6 Å². The Hall–Kier alpha value is -1.43. The van der Waals surface area contributed by atoms with Crippen LogP contribution < -0.4 is 5.32 Å². The smallest absolute Gasteiger partial charge is 0.103 e. The number of halogens is 1. The summed E-state index contributed by atoms with van der Waals surface area (Å²) in [6, 6.07) is 7.49. The molecule has 0 aliphatic heterocycles. The van der Waals surface area contributed by atoms with Crippen LogP contribution in [0.5, 0.6) is 0 Å². The first-order valence-electron chi connectivity index (χ1n) is 6.58. The third-order valence-electron chi connectivity index (χ3n) is 3.13. The van der Waals surface area contributed by atoms with E-state index in [4.69, 9.17) is 11.6 Å². The molecule has 0 aliphatic carbocycles.